The average Bonchev–Trinajstić information content (AvgIpc) is 2.49. The normalized spacial score (nSPS) is 11.6. The van der Waals surface area contributed by atoms with Crippen LogP contribution < -0.4 is 10.6 Å². The number of amides is 2. The van der Waals surface area contributed by atoms with E-state index in [9.17, 15) is 18.2 Å². The lowest BCUT2D eigenvalue weighted by Crippen LogP contribution is -2.15. The van der Waals surface area contributed by atoms with Crippen molar-refractivity contribution in [3.05, 3.63) is 53.8 Å². The lowest BCUT2D eigenvalue weighted by atomic mass is 10.1. The number of carbonyl (C=O) groups is 2. The molecule has 2 rings (SSSR count). The summed E-state index contributed by atoms with van der Waals surface area (Å²) in [5.41, 5.74) is 0.605. The molecule has 2 N–H and O–H groups in total. The van der Waals surface area contributed by atoms with Gasteiger partial charge >= 0.3 is 0 Å². The Morgan fingerprint density at radius 2 is 1.61 bits per heavy atom. The van der Waals surface area contributed by atoms with Gasteiger partial charge in [-0.1, -0.05) is 0 Å². The van der Waals surface area contributed by atoms with Crippen molar-refractivity contribution in [1.29, 1.82) is 0 Å². The monoisotopic (exact) mass is 334 g/mol. The molecule has 0 saturated heterocycles. The van der Waals surface area contributed by atoms with Gasteiger partial charge in [0, 0.05) is 40.2 Å². The van der Waals surface area contributed by atoms with Crippen LogP contribution in [0.15, 0.2) is 47.4 Å². The van der Waals surface area contributed by atoms with Gasteiger partial charge in [0.2, 0.25) is 5.91 Å². The SMILES string of the molecule is CC(=O)Nc1ccc(F)c(C(=O)Nc2ccc([S@](C)=O)cc2)c1. The van der Waals surface area contributed by atoms with E-state index >= 15 is 0 Å². The maximum absolute atomic E-state index is 13.8. The molecule has 0 bridgehead atoms. The number of benzene rings is 2. The molecule has 2 aromatic rings. The topological polar surface area (TPSA) is 75.3 Å². The minimum Gasteiger partial charge on any atom is -0.326 e. The minimum absolute atomic E-state index is 0.181. The molecule has 2 amide bonds. The van der Waals surface area contributed by atoms with Crippen molar-refractivity contribution in [1.82, 2.24) is 0 Å². The molecule has 0 saturated carbocycles. The van der Waals surface area contributed by atoms with Crippen molar-refractivity contribution in [2.45, 2.75) is 11.8 Å². The van der Waals surface area contributed by atoms with Crippen LogP contribution in [0.4, 0.5) is 15.8 Å². The molecule has 0 radical (unpaired) electrons. The van der Waals surface area contributed by atoms with E-state index in [0.29, 0.717) is 16.3 Å². The highest BCUT2D eigenvalue weighted by atomic mass is 32.2. The fraction of sp³-hybridized carbons (Fsp3) is 0.125. The first kappa shape index (κ1) is 16.8. The minimum atomic E-state index is -1.11. The maximum Gasteiger partial charge on any atom is 0.258 e. The summed E-state index contributed by atoms with van der Waals surface area (Å²) in [7, 11) is -1.11. The van der Waals surface area contributed by atoms with Crippen molar-refractivity contribution in [2.24, 2.45) is 0 Å². The predicted octanol–water partition coefficient (Wildman–Crippen LogP) is 2.77. The van der Waals surface area contributed by atoms with Crippen LogP contribution in [0.25, 0.3) is 0 Å². The second-order valence-electron chi connectivity index (χ2n) is 4.81. The number of rotatable bonds is 4. The van der Waals surface area contributed by atoms with Crippen LogP contribution in [-0.2, 0) is 15.6 Å². The largest absolute Gasteiger partial charge is 0.326 e. The van der Waals surface area contributed by atoms with Crippen LogP contribution >= 0.6 is 0 Å². The Labute approximate surface area is 135 Å². The van der Waals surface area contributed by atoms with Crippen LogP contribution in [0, 0.1) is 5.82 Å². The van der Waals surface area contributed by atoms with Gasteiger partial charge in [-0.05, 0) is 42.5 Å². The smallest absolute Gasteiger partial charge is 0.258 e. The van der Waals surface area contributed by atoms with E-state index in [1.165, 1.54) is 19.1 Å². The molecule has 0 aliphatic rings. The Kier molecular flexibility index (Phi) is 5.23. The highest BCUT2D eigenvalue weighted by Crippen LogP contribution is 2.18. The van der Waals surface area contributed by atoms with Crippen LogP contribution in [0.5, 0.6) is 0 Å². The van der Waals surface area contributed by atoms with E-state index in [-0.39, 0.29) is 11.5 Å². The maximum atomic E-state index is 13.8. The first-order valence-electron chi connectivity index (χ1n) is 6.69. The first-order chi connectivity index (χ1) is 10.9. The van der Waals surface area contributed by atoms with Gasteiger partial charge in [-0.15, -0.1) is 0 Å². The highest BCUT2D eigenvalue weighted by Gasteiger charge is 2.13. The molecule has 23 heavy (non-hydrogen) atoms. The van der Waals surface area contributed by atoms with Gasteiger partial charge in [0.05, 0.1) is 5.56 Å². The summed E-state index contributed by atoms with van der Waals surface area (Å²) in [5, 5.41) is 5.05. The fourth-order valence-electron chi connectivity index (χ4n) is 1.91. The number of hydrogen-bond donors (Lipinski definition) is 2. The third kappa shape index (κ3) is 4.46. The molecule has 5 nitrogen and oxygen atoms in total. The van der Waals surface area contributed by atoms with Crippen molar-refractivity contribution in [2.75, 3.05) is 16.9 Å². The molecular weight excluding hydrogens is 319 g/mol. The van der Waals surface area contributed by atoms with E-state index < -0.39 is 22.5 Å². The van der Waals surface area contributed by atoms with Crippen molar-refractivity contribution in [3.8, 4) is 0 Å². The summed E-state index contributed by atoms with van der Waals surface area (Å²) in [6.07, 6.45) is 1.55. The summed E-state index contributed by atoms with van der Waals surface area (Å²) in [5.74, 6) is -1.64. The van der Waals surface area contributed by atoms with Crippen molar-refractivity contribution >= 4 is 34.0 Å². The second-order valence-corrected chi connectivity index (χ2v) is 6.19. The number of hydrogen-bond acceptors (Lipinski definition) is 3. The summed E-state index contributed by atoms with van der Waals surface area (Å²) in [4.78, 5) is 23.8. The molecule has 0 aliphatic carbocycles. The molecule has 2 aromatic carbocycles. The zero-order valence-electron chi connectivity index (χ0n) is 12.6. The van der Waals surface area contributed by atoms with Crippen LogP contribution in [0.3, 0.4) is 0 Å². The van der Waals surface area contributed by atoms with Gasteiger partial charge in [-0.25, -0.2) is 4.39 Å². The molecule has 120 valence electrons. The van der Waals surface area contributed by atoms with Gasteiger partial charge in [-0.2, -0.15) is 0 Å². The quantitative estimate of drug-likeness (QED) is 0.903. The van der Waals surface area contributed by atoms with Gasteiger partial charge < -0.3 is 10.6 Å². The molecule has 0 aromatic heterocycles. The number of nitrogens with one attached hydrogen (secondary N) is 2. The van der Waals surface area contributed by atoms with Crippen LogP contribution in [0.1, 0.15) is 17.3 Å². The van der Waals surface area contributed by atoms with Crippen LogP contribution in [0.2, 0.25) is 0 Å². The third-order valence-corrected chi connectivity index (χ3v) is 3.91. The first-order valence-corrected chi connectivity index (χ1v) is 8.24. The van der Waals surface area contributed by atoms with E-state index in [4.69, 9.17) is 0 Å². The number of anilines is 2. The van der Waals surface area contributed by atoms with E-state index in [1.54, 1.807) is 30.5 Å². The average molecular weight is 334 g/mol. The number of carbonyl (C=O) groups excluding carboxylic acids is 2. The van der Waals surface area contributed by atoms with Crippen LogP contribution in [-0.4, -0.2) is 22.3 Å². The molecule has 0 spiro atoms. The lowest BCUT2D eigenvalue weighted by Gasteiger charge is -2.09. The Morgan fingerprint density at radius 3 is 2.17 bits per heavy atom. The zero-order valence-corrected chi connectivity index (χ0v) is 13.4. The molecule has 0 fully saturated rings. The summed E-state index contributed by atoms with van der Waals surface area (Å²) >= 11 is 0. The van der Waals surface area contributed by atoms with Gasteiger partial charge in [0.15, 0.2) is 0 Å². The van der Waals surface area contributed by atoms with E-state index in [0.717, 1.165) is 6.07 Å². The number of halogens is 1. The third-order valence-electron chi connectivity index (χ3n) is 2.98. The van der Waals surface area contributed by atoms with E-state index in [1.807, 2.05) is 0 Å². The van der Waals surface area contributed by atoms with Crippen molar-refractivity contribution in [3.63, 3.8) is 0 Å². The standard InChI is InChI=1S/C16H15FN2O3S/c1-10(20)18-12-5-8-15(17)14(9-12)16(21)19-11-3-6-13(7-4-11)23(2)22/h3-9H,1-2H3,(H,18,20)(H,19,21)/t23-/m0/s1. The van der Waals surface area contributed by atoms with E-state index in [2.05, 4.69) is 10.6 Å². The highest BCUT2D eigenvalue weighted by molar-refractivity contribution is 7.84. The van der Waals surface area contributed by atoms with Gasteiger partial charge in [0.1, 0.15) is 5.82 Å². The van der Waals surface area contributed by atoms with Crippen molar-refractivity contribution < 1.29 is 18.2 Å². The second kappa shape index (κ2) is 7.15. The molecule has 1 atom stereocenters. The predicted molar refractivity (Wildman–Crippen MR) is 87.4 cm³/mol. The Hall–Kier alpha value is -2.54. The van der Waals surface area contributed by atoms with Gasteiger partial charge in [0.25, 0.3) is 5.91 Å². The molecular formula is C16H15FN2O3S. The molecule has 0 heterocycles. The molecule has 7 heteroatoms. The molecule has 0 unspecified atom stereocenters. The summed E-state index contributed by atoms with van der Waals surface area (Å²) in [6, 6.07) is 10.2. The Morgan fingerprint density at radius 1 is 1.00 bits per heavy atom. The molecule has 0 aliphatic heterocycles. The Bertz CT molecular complexity index is 775. The zero-order chi connectivity index (χ0) is 17.0. The summed E-state index contributed by atoms with van der Waals surface area (Å²) in [6.45, 7) is 1.32. The fourth-order valence-corrected chi connectivity index (χ4v) is 2.43. The Balaban J connectivity index is 2.19. The van der Waals surface area contributed by atoms with Gasteiger partial charge in [-0.3, -0.25) is 13.8 Å². The summed E-state index contributed by atoms with van der Waals surface area (Å²) < 4.78 is 25.1. The lowest BCUT2D eigenvalue weighted by molar-refractivity contribution is -0.114.